The second-order valence-corrected chi connectivity index (χ2v) is 3.99. The summed E-state index contributed by atoms with van der Waals surface area (Å²) in [6, 6.07) is 3.91. The molecule has 0 radical (unpaired) electrons. The molecule has 12 heavy (non-hydrogen) atoms. The van der Waals surface area contributed by atoms with Crippen molar-refractivity contribution in [1.82, 2.24) is 0 Å². The molecular weight excluding hydrogens is 172 g/mol. The average Bonchev–Trinajstić information content (AvgIpc) is 2.77. The summed E-state index contributed by atoms with van der Waals surface area (Å²) in [4.78, 5) is 1.02. The van der Waals surface area contributed by atoms with E-state index in [4.69, 9.17) is 4.74 Å². The fraction of sp³-hybridized carbons (Fsp3) is 0.556. The Morgan fingerprint density at radius 1 is 1.67 bits per heavy atom. The third kappa shape index (κ3) is 1.53. The molecule has 2 unspecified atom stereocenters. The van der Waals surface area contributed by atoms with E-state index < -0.39 is 6.10 Å². The van der Waals surface area contributed by atoms with Crippen LogP contribution in [-0.2, 0) is 4.74 Å². The summed E-state index contributed by atoms with van der Waals surface area (Å²) < 4.78 is 5.40. The molecule has 0 aromatic carbocycles. The fourth-order valence-corrected chi connectivity index (χ4v) is 2.26. The molecule has 2 nitrogen and oxygen atoms in total. The lowest BCUT2D eigenvalue weighted by molar-refractivity contribution is -0.000771. The largest absolute Gasteiger partial charge is 0.385 e. The van der Waals surface area contributed by atoms with Gasteiger partial charge in [0.1, 0.15) is 6.10 Å². The zero-order chi connectivity index (χ0) is 8.39. The van der Waals surface area contributed by atoms with Crippen LogP contribution in [0.5, 0.6) is 0 Å². The highest BCUT2D eigenvalue weighted by Crippen LogP contribution is 2.29. The lowest BCUT2D eigenvalue weighted by Gasteiger charge is -2.15. The minimum absolute atomic E-state index is 0.0312. The van der Waals surface area contributed by atoms with Crippen LogP contribution < -0.4 is 0 Å². The van der Waals surface area contributed by atoms with Gasteiger partial charge < -0.3 is 9.84 Å². The number of aliphatic hydroxyl groups excluding tert-OH is 1. The van der Waals surface area contributed by atoms with Crippen LogP contribution in [0.1, 0.15) is 23.8 Å². The smallest absolute Gasteiger partial charge is 0.114 e. The first-order valence-electron chi connectivity index (χ1n) is 4.21. The Hall–Kier alpha value is -0.380. The monoisotopic (exact) mass is 184 g/mol. The first-order valence-corrected chi connectivity index (χ1v) is 5.09. The van der Waals surface area contributed by atoms with Gasteiger partial charge in [0.05, 0.1) is 6.10 Å². The molecule has 1 N–H and O–H groups in total. The molecule has 2 atom stereocenters. The minimum atomic E-state index is -0.410. The van der Waals surface area contributed by atoms with E-state index in [1.165, 1.54) is 0 Å². The van der Waals surface area contributed by atoms with Gasteiger partial charge in [0.15, 0.2) is 0 Å². The number of hydrogen-bond acceptors (Lipinski definition) is 3. The summed E-state index contributed by atoms with van der Waals surface area (Å²) in [5.74, 6) is 0. The van der Waals surface area contributed by atoms with Crippen LogP contribution in [0.25, 0.3) is 0 Å². The summed E-state index contributed by atoms with van der Waals surface area (Å²) in [7, 11) is 0. The molecule has 0 aliphatic carbocycles. The van der Waals surface area contributed by atoms with Crippen molar-refractivity contribution in [2.45, 2.75) is 25.0 Å². The standard InChI is InChI=1S/C9H12O2S/c10-9(7-3-1-5-11-7)8-4-2-6-12-8/h2,4,6-7,9-10H,1,3,5H2. The van der Waals surface area contributed by atoms with Gasteiger partial charge in [-0.2, -0.15) is 0 Å². The first-order chi connectivity index (χ1) is 5.88. The maximum absolute atomic E-state index is 9.79. The van der Waals surface area contributed by atoms with Crippen molar-refractivity contribution in [3.63, 3.8) is 0 Å². The van der Waals surface area contributed by atoms with Crippen LogP contribution in [0.3, 0.4) is 0 Å². The van der Waals surface area contributed by atoms with E-state index in [-0.39, 0.29) is 6.10 Å². The summed E-state index contributed by atoms with van der Waals surface area (Å²) in [5.41, 5.74) is 0. The van der Waals surface area contributed by atoms with Crippen molar-refractivity contribution in [3.8, 4) is 0 Å². The van der Waals surface area contributed by atoms with Crippen LogP contribution in [0.2, 0.25) is 0 Å². The maximum Gasteiger partial charge on any atom is 0.114 e. The van der Waals surface area contributed by atoms with Crippen LogP contribution in [-0.4, -0.2) is 17.8 Å². The number of thiophene rings is 1. The fourth-order valence-electron chi connectivity index (χ4n) is 1.49. The van der Waals surface area contributed by atoms with Gasteiger partial charge in [-0.05, 0) is 24.3 Å². The Morgan fingerprint density at radius 3 is 3.17 bits per heavy atom. The predicted octanol–water partition coefficient (Wildman–Crippen LogP) is 1.96. The van der Waals surface area contributed by atoms with E-state index in [0.29, 0.717) is 0 Å². The van der Waals surface area contributed by atoms with E-state index in [0.717, 1.165) is 24.3 Å². The van der Waals surface area contributed by atoms with Gasteiger partial charge in [0.2, 0.25) is 0 Å². The van der Waals surface area contributed by atoms with E-state index in [9.17, 15) is 5.11 Å². The predicted molar refractivity (Wildman–Crippen MR) is 48.3 cm³/mol. The summed E-state index contributed by atoms with van der Waals surface area (Å²) in [5, 5.41) is 11.8. The average molecular weight is 184 g/mol. The molecule has 0 amide bonds. The SMILES string of the molecule is OC(c1cccs1)C1CCCO1. The second-order valence-electron chi connectivity index (χ2n) is 3.01. The molecule has 1 fully saturated rings. The third-order valence-corrected chi connectivity index (χ3v) is 3.09. The van der Waals surface area contributed by atoms with Gasteiger partial charge in [0, 0.05) is 11.5 Å². The van der Waals surface area contributed by atoms with Crippen LogP contribution in [0.15, 0.2) is 17.5 Å². The molecule has 0 bridgehead atoms. The Balaban J connectivity index is 2.04. The molecule has 1 aliphatic heterocycles. The number of ether oxygens (including phenoxy) is 1. The molecule has 1 aromatic heterocycles. The van der Waals surface area contributed by atoms with Crippen LogP contribution in [0.4, 0.5) is 0 Å². The van der Waals surface area contributed by atoms with Crippen molar-refractivity contribution >= 4 is 11.3 Å². The van der Waals surface area contributed by atoms with Gasteiger partial charge >= 0.3 is 0 Å². The van der Waals surface area contributed by atoms with Crippen molar-refractivity contribution in [2.75, 3.05) is 6.61 Å². The summed E-state index contributed by atoms with van der Waals surface area (Å²) in [6.07, 6.45) is 1.68. The normalized spacial score (nSPS) is 25.9. The zero-order valence-corrected chi connectivity index (χ0v) is 7.59. The Bertz CT molecular complexity index is 227. The highest BCUT2D eigenvalue weighted by Gasteiger charge is 2.25. The highest BCUT2D eigenvalue weighted by molar-refractivity contribution is 7.10. The van der Waals surface area contributed by atoms with Crippen molar-refractivity contribution in [1.29, 1.82) is 0 Å². The molecule has 1 aliphatic rings. The molecule has 2 rings (SSSR count). The van der Waals surface area contributed by atoms with Gasteiger partial charge in [-0.25, -0.2) is 0 Å². The summed E-state index contributed by atoms with van der Waals surface area (Å²) in [6.45, 7) is 0.799. The number of rotatable bonds is 2. The third-order valence-electron chi connectivity index (χ3n) is 2.15. The van der Waals surface area contributed by atoms with E-state index >= 15 is 0 Å². The molecule has 66 valence electrons. The van der Waals surface area contributed by atoms with Crippen LogP contribution in [0, 0.1) is 0 Å². The van der Waals surface area contributed by atoms with Crippen molar-refractivity contribution in [2.24, 2.45) is 0 Å². The van der Waals surface area contributed by atoms with Gasteiger partial charge in [-0.15, -0.1) is 11.3 Å². The molecule has 1 saturated heterocycles. The highest BCUT2D eigenvalue weighted by atomic mass is 32.1. The Labute approximate surface area is 75.8 Å². The topological polar surface area (TPSA) is 29.5 Å². The second kappa shape index (κ2) is 3.56. The number of hydrogen-bond donors (Lipinski definition) is 1. The zero-order valence-electron chi connectivity index (χ0n) is 6.77. The minimum Gasteiger partial charge on any atom is -0.385 e. The quantitative estimate of drug-likeness (QED) is 0.761. The molecule has 2 heterocycles. The molecule has 0 saturated carbocycles. The lowest BCUT2D eigenvalue weighted by Crippen LogP contribution is -2.15. The van der Waals surface area contributed by atoms with Crippen molar-refractivity contribution in [3.05, 3.63) is 22.4 Å². The molecule has 3 heteroatoms. The van der Waals surface area contributed by atoms with E-state index in [2.05, 4.69) is 0 Å². The van der Waals surface area contributed by atoms with Gasteiger partial charge in [0.25, 0.3) is 0 Å². The van der Waals surface area contributed by atoms with E-state index in [1.54, 1.807) is 11.3 Å². The Kier molecular flexibility index (Phi) is 2.44. The van der Waals surface area contributed by atoms with Crippen LogP contribution >= 0.6 is 11.3 Å². The van der Waals surface area contributed by atoms with Gasteiger partial charge in [-0.1, -0.05) is 6.07 Å². The molecule has 0 spiro atoms. The number of aliphatic hydroxyl groups is 1. The Morgan fingerprint density at radius 2 is 2.58 bits per heavy atom. The first kappa shape index (κ1) is 8.23. The molecular formula is C9H12O2S. The van der Waals surface area contributed by atoms with Gasteiger partial charge in [-0.3, -0.25) is 0 Å². The summed E-state index contributed by atoms with van der Waals surface area (Å²) >= 11 is 1.59. The van der Waals surface area contributed by atoms with E-state index in [1.807, 2.05) is 17.5 Å². The lowest BCUT2D eigenvalue weighted by atomic mass is 10.1. The maximum atomic E-state index is 9.79. The molecule has 1 aromatic rings. The van der Waals surface area contributed by atoms with Crippen molar-refractivity contribution < 1.29 is 9.84 Å².